The molecule has 0 atom stereocenters. The Labute approximate surface area is 102 Å². The minimum absolute atomic E-state index is 0.0117. The highest BCUT2D eigenvalue weighted by molar-refractivity contribution is 7.20. The fourth-order valence-electron chi connectivity index (χ4n) is 2.11. The lowest BCUT2D eigenvalue weighted by atomic mass is 10.0. The van der Waals surface area contributed by atoms with Gasteiger partial charge in [-0.05, 0) is 18.1 Å². The molecule has 0 unspecified atom stereocenters. The number of fused-ring (bicyclic) bond motifs is 1. The normalized spacial score (nSPS) is 14.3. The lowest BCUT2D eigenvalue weighted by Crippen LogP contribution is -2.31. The number of carbonyl (C=O) groups excluding carboxylic acids is 1. The van der Waals surface area contributed by atoms with Gasteiger partial charge in [0.25, 0.3) is 5.91 Å². The SMILES string of the molecule is CNc1sc(-c2ccn[nH]2)c2c1C(=O)NCC2. The van der Waals surface area contributed by atoms with Crippen molar-refractivity contribution in [3.05, 3.63) is 23.4 Å². The van der Waals surface area contributed by atoms with Crippen molar-refractivity contribution >= 4 is 22.2 Å². The average molecular weight is 248 g/mol. The molecule has 1 aliphatic heterocycles. The van der Waals surface area contributed by atoms with Gasteiger partial charge in [-0.3, -0.25) is 9.89 Å². The van der Waals surface area contributed by atoms with Crippen LogP contribution in [0.15, 0.2) is 12.3 Å². The Hall–Kier alpha value is -1.82. The maximum atomic E-state index is 11.9. The largest absolute Gasteiger partial charge is 0.379 e. The summed E-state index contributed by atoms with van der Waals surface area (Å²) in [6.07, 6.45) is 2.59. The Morgan fingerprint density at radius 1 is 1.53 bits per heavy atom. The highest BCUT2D eigenvalue weighted by atomic mass is 32.1. The van der Waals surface area contributed by atoms with Crippen LogP contribution in [0.3, 0.4) is 0 Å². The average Bonchev–Trinajstić information content (AvgIpc) is 2.95. The van der Waals surface area contributed by atoms with E-state index >= 15 is 0 Å². The van der Waals surface area contributed by atoms with E-state index in [1.54, 1.807) is 17.5 Å². The molecule has 17 heavy (non-hydrogen) atoms. The van der Waals surface area contributed by atoms with Crippen LogP contribution in [0.25, 0.3) is 10.6 Å². The quantitative estimate of drug-likeness (QED) is 0.753. The molecule has 6 heteroatoms. The molecule has 0 aromatic carbocycles. The number of rotatable bonds is 2. The lowest BCUT2D eigenvalue weighted by molar-refractivity contribution is 0.0947. The van der Waals surface area contributed by atoms with Crippen molar-refractivity contribution in [1.29, 1.82) is 0 Å². The number of anilines is 1. The number of carbonyl (C=O) groups is 1. The highest BCUT2D eigenvalue weighted by Gasteiger charge is 2.27. The van der Waals surface area contributed by atoms with Gasteiger partial charge in [-0.1, -0.05) is 0 Å². The van der Waals surface area contributed by atoms with E-state index in [2.05, 4.69) is 20.8 Å². The molecule has 3 rings (SSSR count). The molecule has 88 valence electrons. The Morgan fingerprint density at radius 3 is 3.12 bits per heavy atom. The van der Waals surface area contributed by atoms with E-state index in [0.29, 0.717) is 6.54 Å². The van der Waals surface area contributed by atoms with E-state index in [9.17, 15) is 4.79 Å². The molecule has 2 aromatic heterocycles. The zero-order chi connectivity index (χ0) is 11.8. The molecule has 1 amide bonds. The fourth-order valence-corrected chi connectivity index (χ4v) is 3.28. The zero-order valence-corrected chi connectivity index (χ0v) is 10.1. The summed E-state index contributed by atoms with van der Waals surface area (Å²) in [6, 6.07) is 1.93. The molecular formula is C11H12N4OS. The van der Waals surface area contributed by atoms with Crippen molar-refractivity contribution in [3.8, 4) is 10.6 Å². The van der Waals surface area contributed by atoms with Crippen molar-refractivity contribution < 1.29 is 4.79 Å². The first-order valence-corrected chi connectivity index (χ1v) is 6.24. The van der Waals surface area contributed by atoms with Crippen molar-refractivity contribution in [1.82, 2.24) is 15.5 Å². The van der Waals surface area contributed by atoms with E-state index < -0.39 is 0 Å². The van der Waals surface area contributed by atoms with Crippen LogP contribution in [0.1, 0.15) is 15.9 Å². The first-order valence-electron chi connectivity index (χ1n) is 5.42. The van der Waals surface area contributed by atoms with Gasteiger partial charge in [-0.2, -0.15) is 5.10 Å². The summed E-state index contributed by atoms with van der Waals surface area (Å²) in [5.41, 5.74) is 2.88. The van der Waals surface area contributed by atoms with Gasteiger partial charge in [0.05, 0.1) is 16.1 Å². The van der Waals surface area contributed by atoms with Gasteiger partial charge in [0.15, 0.2) is 0 Å². The molecule has 5 nitrogen and oxygen atoms in total. The van der Waals surface area contributed by atoms with Crippen molar-refractivity contribution in [2.24, 2.45) is 0 Å². The van der Waals surface area contributed by atoms with Gasteiger partial charge < -0.3 is 10.6 Å². The molecule has 0 saturated heterocycles. The molecule has 2 aromatic rings. The monoisotopic (exact) mass is 248 g/mol. The number of aromatic amines is 1. The number of H-pyrrole nitrogens is 1. The number of aromatic nitrogens is 2. The number of nitrogens with zero attached hydrogens (tertiary/aromatic N) is 1. The van der Waals surface area contributed by atoms with Gasteiger partial charge >= 0.3 is 0 Å². The predicted octanol–water partition coefficient (Wildman–Crippen LogP) is 1.47. The third-order valence-electron chi connectivity index (χ3n) is 2.87. The molecule has 0 fully saturated rings. The van der Waals surface area contributed by atoms with Crippen LogP contribution < -0.4 is 10.6 Å². The summed E-state index contributed by atoms with van der Waals surface area (Å²) < 4.78 is 0. The zero-order valence-electron chi connectivity index (χ0n) is 9.33. The Morgan fingerprint density at radius 2 is 2.41 bits per heavy atom. The minimum Gasteiger partial charge on any atom is -0.379 e. The second kappa shape index (κ2) is 3.89. The summed E-state index contributed by atoms with van der Waals surface area (Å²) in [6.45, 7) is 0.701. The molecule has 3 heterocycles. The van der Waals surface area contributed by atoms with E-state index in [0.717, 1.165) is 33.1 Å². The summed E-state index contributed by atoms with van der Waals surface area (Å²) in [5, 5.41) is 13.8. The fraction of sp³-hybridized carbons (Fsp3) is 0.273. The molecule has 0 radical (unpaired) electrons. The first-order chi connectivity index (χ1) is 8.31. The standard InChI is InChI=1S/C11H12N4OS/c1-12-11-8-6(2-4-13-10(8)16)9(17-11)7-3-5-14-15-7/h3,5,12H,2,4H2,1H3,(H,13,16)(H,14,15). The second-order valence-corrected chi connectivity index (χ2v) is 4.86. The second-order valence-electron chi connectivity index (χ2n) is 3.84. The van der Waals surface area contributed by atoms with Gasteiger partial charge in [0.1, 0.15) is 5.00 Å². The van der Waals surface area contributed by atoms with Crippen LogP contribution in [0.5, 0.6) is 0 Å². The van der Waals surface area contributed by atoms with Crippen molar-refractivity contribution in [2.45, 2.75) is 6.42 Å². The van der Waals surface area contributed by atoms with Gasteiger partial charge in [-0.25, -0.2) is 0 Å². The number of thiophene rings is 1. The van der Waals surface area contributed by atoms with Crippen molar-refractivity contribution in [3.63, 3.8) is 0 Å². The number of nitrogens with one attached hydrogen (secondary N) is 3. The predicted molar refractivity (Wildman–Crippen MR) is 67.5 cm³/mol. The molecule has 0 bridgehead atoms. The van der Waals surface area contributed by atoms with Gasteiger partial charge in [-0.15, -0.1) is 11.3 Å². The Kier molecular flexibility index (Phi) is 2.36. The van der Waals surface area contributed by atoms with Crippen LogP contribution in [-0.4, -0.2) is 29.7 Å². The smallest absolute Gasteiger partial charge is 0.254 e. The van der Waals surface area contributed by atoms with Crippen LogP contribution in [0.4, 0.5) is 5.00 Å². The molecular weight excluding hydrogens is 236 g/mol. The lowest BCUT2D eigenvalue weighted by Gasteiger charge is -2.14. The Balaban J connectivity index is 2.21. The third-order valence-corrected chi connectivity index (χ3v) is 4.15. The summed E-state index contributed by atoms with van der Waals surface area (Å²) in [4.78, 5) is 13.0. The molecule has 0 saturated carbocycles. The van der Waals surface area contributed by atoms with Crippen LogP contribution in [-0.2, 0) is 6.42 Å². The molecule has 3 N–H and O–H groups in total. The maximum absolute atomic E-state index is 11.9. The molecule has 1 aliphatic rings. The van der Waals surface area contributed by atoms with Gasteiger partial charge in [0.2, 0.25) is 0 Å². The van der Waals surface area contributed by atoms with Crippen LogP contribution in [0.2, 0.25) is 0 Å². The maximum Gasteiger partial charge on any atom is 0.254 e. The summed E-state index contributed by atoms with van der Waals surface area (Å²) in [5.74, 6) is 0.0117. The van der Waals surface area contributed by atoms with Crippen LogP contribution in [0, 0.1) is 0 Å². The summed E-state index contributed by atoms with van der Waals surface area (Å²) >= 11 is 1.59. The first kappa shape index (κ1) is 10.3. The van der Waals surface area contributed by atoms with Crippen LogP contribution >= 0.6 is 11.3 Å². The van der Waals surface area contributed by atoms with Gasteiger partial charge in [0, 0.05) is 19.8 Å². The third kappa shape index (κ3) is 1.52. The van der Waals surface area contributed by atoms with Crippen molar-refractivity contribution in [2.75, 3.05) is 18.9 Å². The minimum atomic E-state index is 0.0117. The van der Waals surface area contributed by atoms with E-state index in [1.165, 1.54) is 0 Å². The number of hydrogen-bond acceptors (Lipinski definition) is 4. The number of amides is 1. The summed E-state index contributed by atoms with van der Waals surface area (Å²) in [7, 11) is 1.84. The number of hydrogen-bond donors (Lipinski definition) is 3. The van der Waals surface area contributed by atoms with E-state index in [1.807, 2.05) is 13.1 Å². The topological polar surface area (TPSA) is 69.8 Å². The van der Waals surface area contributed by atoms with E-state index in [-0.39, 0.29) is 5.91 Å². The molecule has 0 spiro atoms. The highest BCUT2D eigenvalue weighted by Crippen LogP contribution is 2.40. The Bertz CT molecular complexity index is 558. The van der Waals surface area contributed by atoms with E-state index in [4.69, 9.17) is 0 Å². The molecule has 0 aliphatic carbocycles.